The maximum absolute atomic E-state index is 10.4. The second-order valence-electron chi connectivity index (χ2n) is 1.66. The van der Waals surface area contributed by atoms with Crippen LogP contribution in [0, 0.1) is 0 Å². The van der Waals surface area contributed by atoms with Crippen LogP contribution < -0.4 is 0 Å². The zero-order valence-corrected chi connectivity index (χ0v) is 6.33. The average Bonchev–Trinajstić information content (AvgIpc) is 2.04. The van der Waals surface area contributed by atoms with Crippen LogP contribution in [0.15, 0.2) is 12.7 Å². The molecule has 0 aromatic heterocycles. The van der Waals surface area contributed by atoms with Crippen molar-refractivity contribution in [3.63, 3.8) is 0 Å². The standard InChI is InChI=1S/C7H10O4.Ca.2H/c1-3-6(8)10-5-11-7(9)4-2;;;/h3H,1,4-5H2,2H3;;;. The number of ether oxygens (including phenoxy) is 2. The quantitative estimate of drug-likeness (QED) is 0.271. The number of hydrogen-bond acceptors (Lipinski definition) is 4. The van der Waals surface area contributed by atoms with Crippen molar-refractivity contribution in [2.24, 2.45) is 0 Å². The zero-order valence-electron chi connectivity index (χ0n) is 6.33. The third-order valence-electron chi connectivity index (χ3n) is 0.876. The van der Waals surface area contributed by atoms with Gasteiger partial charge >= 0.3 is 49.7 Å². The average molecular weight is 200 g/mol. The summed E-state index contributed by atoms with van der Waals surface area (Å²) >= 11 is 0. The molecule has 5 heteroatoms. The first-order chi connectivity index (χ1) is 5.20. The molecule has 4 nitrogen and oxygen atoms in total. The topological polar surface area (TPSA) is 52.6 Å². The van der Waals surface area contributed by atoms with Crippen LogP contribution in [0.1, 0.15) is 13.3 Å². The van der Waals surface area contributed by atoms with Gasteiger partial charge in [0.2, 0.25) is 6.79 Å². The minimum atomic E-state index is -0.603. The molecular formula is C7H12CaO4. The molecule has 0 aromatic rings. The van der Waals surface area contributed by atoms with E-state index in [4.69, 9.17) is 0 Å². The second-order valence-corrected chi connectivity index (χ2v) is 1.66. The van der Waals surface area contributed by atoms with Gasteiger partial charge in [0.1, 0.15) is 0 Å². The molecule has 0 aliphatic rings. The van der Waals surface area contributed by atoms with Crippen LogP contribution in [0.25, 0.3) is 0 Å². The summed E-state index contributed by atoms with van der Waals surface area (Å²) in [5, 5.41) is 0. The molecule has 0 unspecified atom stereocenters. The summed E-state index contributed by atoms with van der Waals surface area (Å²) in [6, 6.07) is 0. The van der Waals surface area contributed by atoms with Gasteiger partial charge in [-0.3, -0.25) is 4.79 Å². The summed E-state index contributed by atoms with van der Waals surface area (Å²) in [6.07, 6.45) is 1.27. The Morgan fingerprint density at radius 2 is 2.00 bits per heavy atom. The van der Waals surface area contributed by atoms with Gasteiger partial charge in [0.25, 0.3) is 0 Å². The Hall–Kier alpha value is -0.0603. The third-order valence-corrected chi connectivity index (χ3v) is 0.876. The van der Waals surface area contributed by atoms with Gasteiger partial charge in [0, 0.05) is 12.5 Å². The van der Waals surface area contributed by atoms with Crippen molar-refractivity contribution in [2.45, 2.75) is 13.3 Å². The Bertz CT molecular complexity index is 167. The molecule has 0 saturated heterocycles. The Kier molecular flexibility index (Phi) is 10.9. The molecule has 12 heavy (non-hydrogen) atoms. The third kappa shape index (κ3) is 8.04. The first-order valence-corrected chi connectivity index (χ1v) is 3.15. The predicted molar refractivity (Wildman–Crippen MR) is 46.1 cm³/mol. The van der Waals surface area contributed by atoms with Crippen molar-refractivity contribution in [2.75, 3.05) is 6.79 Å². The summed E-state index contributed by atoms with van der Waals surface area (Å²) in [5.74, 6) is -1.00. The minimum absolute atomic E-state index is 0. The van der Waals surface area contributed by atoms with Crippen LogP contribution in [-0.2, 0) is 19.1 Å². The molecule has 0 aliphatic heterocycles. The van der Waals surface area contributed by atoms with Crippen molar-refractivity contribution in [3.05, 3.63) is 12.7 Å². The van der Waals surface area contributed by atoms with Crippen molar-refractivity contribution in [1.82, 2.24) is 0 Å². The van der Waals surface area contributed by atoms with Crippen LogP contribution in [0.2, 0.25) is 0 Å². The van der Waals surface area contributed by atoms with Crippen LogP contribution in [0.3, 0.4) is 0 Å². The van der Waals surface area contributed by atoms with Crippen LogP contribution in [0.4, 0.5) is 0 Å². The van der Waals surface area contributed by atoms with Crippen molar-refractivity contribution in [3.8, 4) is 0 Å². The normalized spacial score (nSPS) is 7.75. The van der Waals surface area contributed by atoms with Gasteiger partial charge in [-0.2, -0.15) is 0 Å². The van der Waals surface area contributed by atoms with Crippen LogP contribution in [-0.4, -0.2) is 56.5 Å². The van der Waals surface area contributed by atoms with E-state index in [0.717, 1.165) is 6.08 Å². The van der Waals surface area contributed by atoms with Crippen molar-refractivity contribution < 1.29 is 19.1 Å². The zero-order chi connectivity index (χ0) is 8.69. The molecule has 0 spiro atoms. The molecule has 0 bridgehead atoms. The fraction of sp³-hybridized carbons (Fsp3) is 0.429. The molecule has 0 aliphatic carbocycles. The SMILES string of the molecule is C=CC(=O)OCOC(=O)CC.[CaH2]. The molecule has 0 atom stereocenters. The van der Waals surface area contributed by atoms with E-state index >= 15 is 0 Å². The number of hydrogen-bond donors (Lipinski definition) is 0. The molecule has 0 heterocycles. The Morgan fingerprint density at radius 1 is 1.42 bits per heavy atom. The molecule has 0 fully saturated rings. The molecule has 0 amide bonds. The summed E-state index contributed by atoms with van der Waals surface area (Å²) in [6.45, 7) is 4.48. The Labute approximate surface area is 101 Å². The van der Waals surface area contributed by atoms with E-state index in [-0.39, 0.29) is 51.0 Å². The maximum atomic E-state index is 10.4. The summed E-state index contributed by atoms with van der Waals surface area (Å²) in [4.78, 5) is 20.8. The van der Waals surface area contributed by atoms with Gasteiger partial charge < -0.3 is 9.47 Å². The number of esters is 2. The van der Waals surface area contributed by atoms with Gasteiger partial charge in [-0.05, 0) is 0 Å². The molecule has 0 radical (unpaired) electrons. The van der Waals surface area contributed by atoms with Crippen molar-refractivity contribution in [1.29, 1.82) is 0 Å². The fourth-order valence-electron chi connectivity index (χ4n) is 0.314. The van der Waals surface area contributed by atoms with Gasteiger partial charge in [0.05, 0.1) is 0 Å². The van der Waals surface area contributed by atoms with Gasteiger partial charge in [0.15, 0.2) is 0 Å². The Balaban J connectivity index is 0. The van der Waals surface area contributed by atoms with Gasteiger partial charge in [-0.25, -0.2) is 4.79 Å². The molecule has 0 N–H and O–H groups in total. The summed E-state index contributed by atoms with van der Waals surface area (Å²) in [7, 11) is 0. The van der Waals surface area contributed by atoms with Gasteiger partial charge in [-0.1, -0.05) is 13.5 Å². The molecule has 0 aromatic carbocycles. The monoisotopic (exact) mass is 200 g/mol. The molecule has 66 valence electrons. The molecular weight excluding hydrogens is 188 g/mol. The van der Waals surface area contributed by atoms with Crippen molar-refractivity contribution >= 4 is 49.7 Å². The fourth-order valence-corrected chi connectivity index (χ4v) is 0.314. The van der Waals surface area contributed by atoms with E-state index in [9.17, 15) is 9.59 Å². The number of rotatable bonds is 4. The van der Waals surface area contributed by atoms with E-state index in [1.54, 1.807) is 6.92 Å². The summed E-state index contributed by atoms with van der Waals surface area (Å²) < 4.78 is 8.80. The van der Waals surface area contributed by atoms with Crippen LogP contribution in [0.5, 0.6) is 0 Å². The molecule has 0 saturated carbocycles. The number of carbonyl (C=O) groups is 2. The number of carbonyl (C=O) groups excluding carboxylic acids is 2. The van der Waals surface area contributed by atoms with E-state index in [2.05, 4.69) is 16.1 Å². The predicted octanol–water partition coefficient (Wildman–Crippen LogP) is -0.290. The first kappa shape index (κ1) is 14.5. The van der Waals surface area contributed by atoms with Gasteiger partial charge in [-0.15, -0.1) is 0 Å². The Morgan fingerprint density at radius 3 is 2.42 bits per heavy atom. The van der Waals surface area contributed by atoms with E-state index in [0.29, 0.717) is 0 Å². The first-order valence-electron chi connectivity index (χ1n) is 3.15. The van der Waals surface area contributed by atoms with E-state index in [1.165, 1.54) is 0 Å². The van der Waals surface area contributed by atoms with E-state index in [1.807, 2.05) is 0 Å². The second kappa shape index (κ2) is 9.03. The summed E-state index contributed by atoms with van der Waals surface area (Å²) in [5.41, 5.74) is 0. The molecule has 0 rings (SSSR count). The van der Waals surface area contributed by atoms with Crippen LogP contribution >= 0.6 is 0 Å². The van der Waals surface area contributed by atoms with E-state index < -0.39 is 11.9 Å².